The average Bonchev–Trinajstić information content (AvgIpc) is 3.07. The summed E-state index contributed by atoms with van der Waals surface area (Å²) in [6.07, 6.45) is 1.74. The van der Waals surface area contributed by atoms with Crippen molar-refractivity contribution in [3.8, 4) is 11.4 Å². The summed E-state index contributed by atoms with van der Waals surface area (Å²) in [5.74, 6) is 0.530. The molecule has 0 saturated carbocycles. The standard InChI is InChI=1S/C25H24ClN3O3/c1-17-22-11-20(7-8-23(22)27-29(17)14-25(2)15-31-16-25)28-10-9-21(12-24(28)30)32-13-18-3-5-19(26)6-4-18/h3-12H,13-16H2,1-2H3. The highest BCUT2D eigenvalue weighted by atomic mass is 35.5. The van der Waals surface area contributed by atoms with Gasteiger partial charge in [0.25, 0.3) is 5.56 Å². The third kappa shape index (κ3) is 4.04. The molecule has 6 nitrogen and oxygen atoms in total. The molecular formula is C25H24ClN3O3. The molecule has 4 aromatic rings. The van der Waals surface area contributed by atoms with Crippen molar-refractivity contribution >= 4 is 22.5 Å². The van der Waals surface area contributed by atoms with Crippen LogP contribution in [0.25, 0.3) is 16.6 Å². The van der Waals surface area contributed by atoms with Gasteiger partial charge < -0.3 is 9.47 Å². The molecule has 0 unspecified atom stereocenters. The van der Waals surface area contributed by atoms with Crippen LogP contribution in [-0.2, 0) is 17.9 Å². The smallest absolute Gasteiger partial charge is 0.258 e. The van der Waals surface area contributed by atoms with Crippen LogP contribution in [0.15, 0.2) is 65.6 Å². The van der Waals surface area contributed by atoms with E-state index in [1.54, 1.807) is 16.8 Å². The van der Waals surface area contributed by atoms with Crippen LogP contribution in [0.3, 0.4) is 0 Å². The zero-order valence-corrected chi connectivity index (χ0v) is 18.8. The van der Waals surface area contributed by atoms with Crippen molar-refractivity contribution in [1.29, 1.82) is 0 Å². The molecule has 5 rings (SSSR count). The van der Waals surface area contributed by atoms with Gasteiger partial charge in [-0.05, 0) is 48.9 Å². The summed E-state index contributed by atoms with van der Waals surface area (Å²) >= 11 is 5.91. The van der Waals surface area contributed by atoms with Crippen LogP contribution in [-0.4, -0.2) is 27.6 Å². The number of aromatic nitrogens is 3. The summed E-state index contributed by atoms with van der Waals surface area (Å²) in [6, 6.07) is 16.7. The van der Waals surface area contributed by atoms with E-state index in [9.17, 15) is 4.79 Å². The lowest BCUT2D eigenvalue weighted by atomic mass is 9.89. The number of pyridine rings is 1. The van der Waals surface area contributed by atoms with Gasteiger partial charge >= 0.3 is 0 Å². The minimum Gasteiger partial charge on any atom is -0.489 e. The lowest BCUT2D eigenvalue weighted by Gasteiger charge is -2.38. The van der Waals surface area contributed by atoms with Crippen LogP contribution >= 0.6 is 11.6 Å². The topological polar surface area (TPSA) is 58.3 Å². The van der Waals surface area contributed by atoms with Gasteiger partial charge in [-0.15, -0.1) is 0 Å². The number of rotatable bonds is 6. The lowest BCUT2D eigenvalue weighted by molar-refractivity contribution is -0.111. The number of benzene rings is 2. The predicted octanol–water partition coefficient (Wildman–Crippen LogP) is 4.76. The number of aryl methyl sites for hydroxylation is 1. The molecule has 0 aliphatic carbocycles. The zero-order valence-electron chi connectivity index (χ0n) is 18.0. The monoisotopic (exact) mass is 449 g/mol. The highest BCUT2D eigenvalue weighted by molar-refractivity contribution is 6.30. The molecule has 1 fully saturated rings. The van der Waals surface area contributed by atoms with Crippen LogP contribution in [0.4, 0.5) is 0 Å². The Morgan fingerprint density at radius 3 is 2.59 bits per heavy atom. The summed E-state index contributed by atoms with van der Waals surface area (Å²) in [5.41, 5.74) is 3.78. The molecule has 0 N–H and O–H groups in total. The first-order chi connectivity index (χ1) is 15.4. The van der Waals surface area contributed by atoms with E-state index in [0.29, 0.717) is 17.4 Å². The Morgan fingerprint density at radius 2 is 1.91 bits per heavy atom. The summed E-state index contributed by atoms with van der Waals surface area (Å²) in [5, 5.41) is 6.48. The molecule has 1 saturated heterocycles. The highest BCUT2D eigenvalue weighted by Gasteiger charge is 2.34. The Balaban J connectivity index is 1.37. The normalized spacial score (nSPS) is 15.0. The largest absolute Gasteiger partial charge is 0.489 e. The molecule has 1 aliphatic heterocycles. The molecule has 0 atom stereocenters. The van der Waals surface area contributed by atoms with E-state index in [1.165, 1.54) is 6.07 Å². The van der Waals surface area contributed by atoms with Gasteiger partial charge in [-0.2, -0.15) is 5.10 Å². The molecule has 32 heavy (non-hydrogen) atoms. The van der Waals surface area contributed by atoms with Gasteiger partial charge in [0.15, 0.2) is 0 Å². The Bertz CT molecular complexity index is 1340. The second-order valence-corrected chi connectivity index (χ2v) is 9.17. The van der Waals surface area contributed by atoms with Crippen LogP contribution in [0.2, 0.25) is 5.02 Å². The maximum atomic E-state index is 12.8. The van der Waals surface area contributed by atoms with E-state index in [-0.39, 0.29) is 11.0 Å². The molecule has 3 heterocycles. The Morgan fingerprint density at radius 1 is 1.12 bits per heavy atom. The Kier molecular flexibility index (Phi) is 5.27. The molecule has 0 bridgehead atoms. The first-order valence-corrected chi connectivity index (χ1v) is 10.9. The minimum absolute atomic E-state index is 0.133. The average molecular weight is 450 g/mol. The third-order valence-corrected chi connectivity index (χ3v) is 6.16. The molecule has 2 aromatic carbocycles. The number of halogens is 1. The van der Waals surface area contributed by atoms with Crippen molar-refractivity contribution in [2.24, 2.45) is 5.41 Å². The number of hydrogen-bond acceptors (Lipinski definition) is 4. The SMILES string of the molecule is Cc1c2cc(-n3ccc(OCc4ccc(Cl)cc4)cc3=O)ccc2nn1CC1(C)COC1. The molecule has 0 radical (unpaired) electrons. The molecule has 164 valence electrons. The van der Waals surface area contributed by atoms with Crippen LogP contribution in [0.1, 0.15) is 18.2 Å². The van der Waals surface area contributed by atoms with Crippen molar-refractivity contribution in [3.05, 3.63) is 87.4 Å². The predicted molar refractivity (Wildman–Crippen MR) is 125 cm³/mol. The minimum atomic E-state index is -0.151. The van der Waals surface area contributed by atoms with Crippen molar-refractivity contribution in [3.63, 3.8) is 0 Å². The number of fused-ring (bicyclic) bond motifs is 1. The van der Waals surface area contributed by atoms with Crippen molar-refractivity contribution in [2.75, 3.05) is 13.2 Å². The van der Waals surface area contributed by atoms with E-state index >= 15 is 0 Å². The maximum absolute atomic E-state index is 12.8. The second kappa shape index (κ2) is 8.11. The van der Waals surface area contributed by atoms with Gasteiger partial charge in [0.2, 0.25) is 0 Å². The van der Waals surface area contributed by atoms with E-state index in [4.69, 9.17) is 26.2 Å². The molecule has 2 aromatic heterocycles. The van der Waals surface area contributed by atoms with E-state index < -0.39 is 0 Å². The van der Waals surface area contributed by atoms with Crippen LogP contribution < -0.4 is 10.3 Å². The first-order valence-electron chi connectivity index (χ1n) is 10.6. The fourth-order valence-electron chi connectivity index (χ4n) is 3.96. The van der Waals surface area contributed by atoms with E-state index in [1.807, 2.05) is 47.1 Å². The van der Waals surface area contributed by atoms with Crippen molar-refractivity contribution in [2.45, 2.75) is 27.0 Å². The maximum Gasteiger partial charge on any atom is 0.258 e. The third-order valence-electron chi connectivity index (χ3n) is 5.91. The lowest BCUT2D eigenvalue weighted by Crippen LogP contribution is -2.43. The van der Waals surface area contributed by atoms with Crippen molar-refractivity contribution < 1.29 is 9.47 Å². The van der Waals surface area contributed by atoms with E-state index in [0.717, 1.165) is 47.6 Å². The zero-order chi connectivity index (χ0) is 22.3. The Hall–Kier alpha value is -3.09. The quantitative estimate of drug-likeness (QED) is 0.425. The molecule has 0 spiro atoms. The van der Waals surface area contributed by atoms with Gasteiger partial charge in [0.1, 0.15) is 12.4 Å². The molecule has 7 heteroatoms. The second-order valence-electron chi connectivity index (χ2n) is 8.73. The van der Waals surface area contributed by atoms with Gasteiger partial charge in [0, 0.05) is 39.5 Å². The summed E-state index contributed by atoms with van der Waals surface area (Å²) in [7, 11) is 0. The molecule has 1 aliphatic rings. The van der Waals surface area contributed by atoms with Gasteiger partial charge in [-0.3, -0.25) is 14.0 Å². The number of ether oxygens (including phenoxy) is 2. The fraction of sp³-hybridized carbons (Fsp3) is 0.280. The molecule has 0 amide bonds. The fourth-order valence-corrected chi connectivity index (χ4v) is 4.09. The first kappa shape index (κ1) is 20.8. The number of nitrogens with zero attached hydrogens (tertiary/aromatic N) is 3. The summed E-state index contributed by atoms with van der Waals surface area (Å²) in [6.45, 7) is 6.99. The Labute approximate surface area is 191 Å². The summed E-state index contributed by atoms with van der Waals surface area (Å²) < 4.78 is 14.8. The van der Waals surface area contributed by atoms with Crippen LogP contribution in [0, 0.1) is 12.3 Å². The van der Waals surface area contributed by atoms with Gasteiger partial charge in [-0.25, -0.2) is 0 Å². The van der Waals surface area contributed by atoms with Gasteiger partial charge in [0.05, 0.1) is 25.3 Å². The molecular weight excluding hydrogens is 426 g/mol. The van der Waals surface area contributed by atoms with E-state index in [2.05, 4.69) is 13.8 Å². The summed E-state index contributed by atoms with van der Waals surface area (Å²) in [4.78, 5) is 12.8. The highest BCUT2D eigenvalue weighted by Crippen LogP contribution is 2.30. The number of hydrogen-bond donors (Lipinski definition) is 0. The van der Waals surface area contributed by atoms with Crippen LogP contribution in [0.5, 0.6) is 5.75 Å². The van der Waals surface area contributed by atoms with Gasteiger partial charge in [-0.1, -0.05) is 30.7 Å². The van der Waals surface area contributed by atoms with Crippen molar-refractivity contribution in [1.82, 2.24) is 14.3 Å².